The molecule has 308 valence electrons. The van der Waals surface area contributed by atoms with E-state index in [1.165, 1.54) is 12.5 Å². The molecule has 8 N–H and O–H groups in total. The van der Waals surface area contributed by atoms with Gasteiger partial charge >= 0.3 is 0 Å². The smallest absolute Gasteiger partial charge is 0.243 e. The number of benzene rings is 3. The maximum atomic E-state index is 13.6. The van der Waals surface area contributed by atoms with E-state index in [9.17, 15) is 24.0 Å². The van der Waals surface area contributed by atoms with Crippen LogP contribution in [0.15, 0.2) is 84.9 Å². The second-order valence-electron chi connectivity index (χ2n) is 15.2. The fourth-order valence-corrected chi connectivity index (χ4v) is 6.82. The van der Waals surface area contributed by atoms with Crippen molar-refractivity contribution in [2.45, 2.75) is 102 Å². The number of nitrogens with zero attached hydrogens (tertiary/aromatic N) is 1. The van der Waals surface area contributed by atoms with Gasteiger partial charge in [-0.05, 0) is 74.2 Å². The van der Waals surface area contributed by atoms with Crippen LogP contribution in [0.5, 0.6) is 5.75 Å². The van der Waals surface area contributed by atoms with Gasteiger partial charge in [0.2, 0.25) is 29.5 Å². The molecule has 1 saturated heterocycles. The molecule has 0 aliphatic carbocycles. The minimum atomic E-state index is -1.03. The molecule has 0 aromatic heterocycles. The predicted octanol–water partition coefficient (Wildman–Crippen LogP) is 2.98. The Balaban J connectivity index is 1.25. The zero-order valence-corrected chi connectivity index (χ0v) is 33.6. The normalized spacial score (nSPS) is 15.5. The molecule has 4 rings (SSSR count). The van der Waals surface area contributed by atoms with Gasteiger partial charge in [-0.15, -0.1) is 0 Å². The Hall–Kier alpha value is -5.27. The highest BCUT2D eigenvalue weighted by Gasteiger charge is 2.31. The van der Waals surface area contributed by atoms with Crippen molar-refractivity contribution in [3.05, 3.63) is 102 Å². The molecule has 57 heavy (non-hydrogen) atoms. The summed E-state index contributed by atoms with van der Waals surface area (Å²) in [5.41, 5.74) is 14.5. The molecule has 0 spiro atoms. The summed E-state index contributed by atoms with van der Waals surface area (Å²) in [4.78, 5) is 67.7. The van der Waals surface area contributed by atoms with Gasteiger partial charge in [0.15, 0.2) is 0 Å². The molecule has 0 radical (unpaired) electrons. The van der Waals surface area contributed by atoms with Gasteiger partial charge in [-0.2, -0.15) is 0 Å². The van der Waals surface area contributed by atoms with Crippen molar-refractivity contribution < 1.29 is 28.7 Å². The highest BCUT2D eigenvalue weighted by atomic mass is 16.5. The highest BCUT2D eigenvalue weighted by Crippen LogP contribution is 2.25. The number of carbonyl (C=O) groups excluding carboxylic acids is 5. The summed E-state index contributed by atoms with van der Waals surface area (Å²) in [6.45, 7) is 7.68. The van der Waals surface area contributed by atoms with Crippen molar-refractivity contribution in [3.63, 3.8) is 0 Å². The average molecular weight is 784 g/mol. The van der Waals surface area contributed by atoms with E-state index in [1.807, 2.05) is 80.6 Å². The Labute approximate surface area is 337 Å². The van der Waals surface area contributed by atoms with Gasteiger partial charge < -0.3 is 42.4 Å². The Morgan fingerprint density at radius 3 is 1.98 bits per heavy atom. The first-order valence-electron chi connectivity index (χ1n) is 20.2. The topological polar surface area (TPSA) is 198 Å². The third kappa shape index (κ3) is 15.0. The number of para-hydroxylation sites is 1. The molecule has 5 amide bonds. The number of amides is 5. The third-order valence-corrected chi connectivity index (χ3v) is 10.2. The van der Waals surface area contributed by atoms with Gasteiger partial charge in [0.25, 0.3) is 0 Å². The van der Waals surface area contributed by atoms with E-state index in [-0.39, 0.29) is 37.2 Å². The van der Waals surface area contributed by atoms with Crippen LogP contribution in [-0.4, -0.2) is 90.9 Å². The Morgan fingerprint density at radius 1 is 0.737 bits per heavy atom. The molecular weight excluding hydrogens is 723 g/mol. The number of carbonyl (C=O) groups is 5. The molecular formula is C44H61N7O6. The van der Waals surface area contributed by atoms with E-state index >= 15 is 0 Å². The van der Waals surface area contributed by atoms with Gasteiger partial charge in [0.05, 0.1) is 0 Å². The van der Waals surface area contributed by atoms with Crippen LogP contribution in [0.25, 0.3) is 0 Å². The molecule has 0 unspecified atom stereocenters. The lowest BCUT2D eigenvalue weighted by Crippen LogP contribution is -2.58. The zero-order valence-electron chi connectivity index (χ0n) is 33.6. The average Bonchev–Trinajstić information content (AvgIpc) is 3.20. The standard InChI is InChI=1S/C44H61N7O6/c1-30(2)40(50-39(52)23-27-51-25-21-35(22-26-51)57-38-20-11-10-18-34(38)28-32-14-6-4-7-15-32)44(56)48-36(19-12-13-24-45)43(55)47-31(3)42(54)49-37(41(46)53)29-33-16-8-5-9-17-33/h4-11,14-18,20,30-31,35-37,40H,12-13,19,21-29,45H2,1-3H3,(H2,46,53)(H,47,55)(H,48,56)(H,49,54)(H,50,52)/t31-,36-,37+,40-/m0/s1. The maximum absolute atomic E-state index is 13.6. The predicted molar refractivity (Wildman–Crippen MR) is 221 cm³/mol. The Kier molecular flexibility index (Phi) is 18.0. The van der Waals surface area contributed by atoms with Crippen molar-refractivity contribution in [1.29, 1.82) is 0 Å². The first-order chi connectivity index (χ1) is 27.4. The fourth-order valence-electron chi connectivity index (χ4n) is 6.82. The van der Waals surface area contributed by atoms with Crippen LogP contribution in [0.4, 0.5) is 0 Å². The molecule has 0 bridgehead atoms. The zero-order chi connectivity index (χ0) is 41.2. The lowest BCUT2D eigenvalue weighted by molar-refractivity contribution is -0.134. The second-order valence-corrected chi connectivity index (χ2v) is 15.2. The van der Waals surface area contributed by atoms with Gasteiger partial charge in [0.1, 0.15) is 36.0 Å². The number of ether oxygens (including phenoxy) is 1. The number of unbranched alkanes of at least 4 members (excludes halogenated alkanes) is 1. The van der Waals surface area contributed by atoms with E-state index in [2.05, 4.69) is 44.4 Å². The number of rotatable bonds is 22. The van der Waals surface area contributed by atoms with Crippen molar-refractivity contribution >= 4 is 29.5 Å². The molecule has 1 fully saturated rings. The van der Waals surface area contributed by atoms with E-state index in [0.717, 1.165) is 49.2 Å². The molecule has 13 heteroatoms. The summed E-state index contributed by atoms with van der Waals surface area (Å²) in [5, 5.41) is 11.0. The van der Waals surface area contributed by atoms with Crippen LogP contribution < -0.4 is 37.5 Å². The third-order valence-electron chi connectivity index (χ3n) is 10.2. The summed E-state index contributed by atoms with van der Waals surface area (Å²) in [5.74, 6) is -1.98. The summed E-state index contributed by atoms with van der Waals surface area (Å²) in [6, 6.07) is 23.8. The number of likely N-dealkylation sites (tertiary alicyclic amines) is 1. The molecule has 1 aliphatic heterocycles. The van der Waals surface area contributed by atoms with Crippen LogP contribution in [-0.2, 0) is 36.8 Å². The SMILES string of the molecule is CC(C)[C@H](NC(=O)CCN1CCC(Oc2ccccc2Cc2ccccc2)CC1)C(=O)N[C@@H](CCCCN)C(=O)N[C@@H](C)C(=O)N[C@H](Cc1ccccc1)C(N)=O. The molecule has 4 atom stereocenters. The number of hydrogen-bond donors (Lipinski definition) is 6. The molecule has 1 heterocycles. The van der Waals surface area contributed by atoms with Gasteiger partial charge in [-0.25, -0.2) is 0 Å². The maximum Gasteiger partial charge on any atom is 0.243 e. The van der Waals surface area contributed by atoms with Crippen LogP contribution >= 0.6 is 0 Å². The minimum absolute atomic E-state index is 0.0834. The molecule has 13 nitrogen and oxygen atoms in total. The van der Waals surface area contributed by atoms with Crippen LogP contribution in [0.2, 0.25) is 0 Å². The van der Waals surface area contributed by atoms with E-state index < -0.39 is 47.8 Å². The minimum Gasteiger partial charge on any atom is -0.490 e. The Bertz CT molecular complexity index is 1730. The van der Waals surface area contributed by atoms with E-state index in [0.29, 0.717) is 25.9 Å². The summed E-state index contributed by atoms with van der Waals surface area (Å²) < 4.78 is 6.47. The molecule has 0 saturated carbocycles. The number of nitrogens with two attached hydrogens (primary N) is 2. The van der Waals surface area contributed by atoms with Crippen molar-refractivity contribution in [2.24, 2.45) is 17.4 Å². The van der Waals surface area contributed by atoms with Crippen LogP contribution in [0, 0.1) is 5.92 Å². The lowest BCUT2D eigenvalue weighted by atomic mass is 10.0. The van der Waals surface area contributed by atoms with Crippen molar-refractivity contribution in [2.75, 3.05) is 26.2 Å². The first-order valence-corrected chi connectivity index (χ1v) is 20.2. The quantitative estimate of drug-likeness (QED) is 0.0837. The molecule has 3 aromatic rings. The Morgan fingerprint density at radius 2 is 1.35 bits per heavy atom. The molecule has 3 aromatic carbocycles. The van der Waals surface area contributed by atoms with Crippen molar-refractivity contribution in [3.8, 4) is 5.75 Å². The number of piperidine rings is 1. The monoisotopic (exact) mass is 783 g/mol. The van der Waals surface area contributed by atoms with Gasteiger partial charge in [0, 0.05) is 38.9 Å². The lowest BCUT2D eigenvalue weighted by Gasteiger charge is -2.32. The van der Waals surface area contributed by atoms with Crippen LogP contribution in [0.3, 0.4) is 0 Å². The van der Waals surface area contributed by atoms with E-state index in [1.54, 1.807) is 0 Å². The van der Waals surface area contributed by atoms with Crippen molar-refractivity contribution in [1.82, 2.24) is 26.2 Å². The molecule has 1 aliphatic rings. The number of hydrogen-bond acceptors (Lipinski definition) is 8. The van der Waals surface area contributed by atoms with Crippen LogP contribution in [0.1, 0.15) is 76.0 Å². The summed E-state index contributed by atoms with van der Waals surface area (Å²) in [7, 11) is 0. The largest absolute Gasteiger partial charge is 0.490 e. The van der Waals surface area contributed by atoms with E-state index in [4.69, 9.17) is 16.2 Å². The summed E-state index contributed by atoms with van der Waals surface area (Å²) in [6.07, 6.45) is 4.43. The fraction of sp³-hybridized carbons (Fsp3) is 0.477. The first kappa shape index (κ1) is 44.4. The second kappa shape index (κ2) is 23.1. The number of primary amides is 1. The number of nitrogens with one attached hydrogen (secondary N) is 4. The highest BCUT2D eigenvalue weighted by molar-refractivity contribution is 5.95. The van der Waals surface area contributed by atoms with Gasteiger partial charge in [-0.3, -0.25) is 24.0 Å². The summed E-state index contributed by atoms with van der Waals surface area (Å²) >= 11 is 0. The van der Waals surface area contributed by atoms with Gasteiger partial charge in [-0.1, -0.05) is 92.7 Å².